The van der Waals surface area contributed by atoms with Crippen molar-refractivity contribution in [3.05, 3.63) is 83.9 Å². The van der Waals surface area contributed by atoms with E-state index < -0.39 is 22.5 Å². The van der Waals surface area contributed by atoms with Gasteiger partial charge in [0.2, 0.25) is 0 Å². The number of nitrogens with zero attached hydrogens (tertiary/aromatic N) is 3. The highest BCUT2D eigenvalue weighted by Gasteiger charge is 2.27. The Morgan fingerprint density at radius 1 is 0.892 bits per heavy atom. The molecule has 9 heteroatoms. The molecule has 1 amide bonds. The Kier molecular flexibility index (Phi) is 9.68. The molecular formula is C28H34N4O4S. The molecule has 0 aliphatic heterocycles. The number of carbonyl (C=O) groups is 1. The van der Waals surface area contributed by atoms with E-state index in [2.05, 4.69) is 29.3 Å². The Morgan fingerprint density at radius 3 is 2.05 bits per heavy atom. The number of nitrogens with one attached hydrogen (secondary N) is 1. The van der Waals surface area contributed by atoms with E-state index in [1.54, 1.807) is 36.4 Å². The van der Waals surface area contributed by atoms with Crippen LogP contribution in [0.2, 0.25) is 0 Å². The number of anilines is 2. The zero-order chi connectivity index (χ0) is 26.8. The van der Waals surface area contributed by atoms with Crippen molar-refractivity contribution in [2.24, 2.45) is 5.10 Å². The second-order valence-corrected chi connectivity index (χ2v) is 10.2. The van der Waals surface area contributed by atoms with Crippen LogP contribution in [0.25, 0.3) is 0 Å². The van der Waals surface area contributed by atoms with Crippen molar-refractivity contribution in [1.82, 2.24) is 5.43 Å². The summed E-state index contributed by atoms with van der Waals surface area (Å²) in [5.74, 6) is 0.0422. The fourth-order valence-electron chi connectivity index (χ4n) is 3.73. The summed E-state index contributed by atoms with van der Waals surface area (Å²) in [5, 5.41) is 4.03. The Labute approximate surface area is 219 Å². The normalized spacial score (nSPS) is 11.4. The molecule has 3 rings (SSSR count). The first-order valence-corrected chi connectivity index (χ1v) is 13.7. The second kappa shape index (κ2) is 12.9. The summed E-state index contributed by atoms with van der Waals surface area (Å²) < 4.78 is 33.5. The van der Waals surface area contributed by atoms with E-state index in [1.165, 1.54) is 18.3 Å². The molecule has 0 saturated heterocycles. The topological polar surface area (TPSA) is 91.3 Å². The Hall–Kier alpha value is -3.85. The van der Waals surface area contributed by atoms with Crippen molar-refractivity contribution in [2.75, 3.05) is 35.4 Å². The lowest BCUT2D eigenvalue weighted by Crippen LogP contribution is -2.39. The van der Waals surface area contributed by atoms with Crippen LogP contribution in [-0.4, -0.2) is 46.8 Å². The molecule has 0 unspecified atom stereocenters. The highest BCUT2D eigenvalue weighted by molar-refractivity contribution is 7.92. The average molecular weight is 523 g/mol. The Bertz CT molecular complexity index is 1290. The van der Waals surface area contributed by atoms with Gasteiger partial charge < -0.3 is 9.64 Å². The minimum atomic E-state index is -4.01. The summed E-state index contributed by atoms with van der Waals surface area (Å²) in [7, 11) is -4.01. The molecule has 0 aliphatic rings. The van der Waals surface area contributed by atoms with Gasteiger partial charge in [0, 0.05) is 18.8 Å². The van der Waals surface area contributed by atoms with Gasteiger partial charge in [0.05, 0.1) is 23.4 Å². The van der Waals surface area contributed by atoms with Gasteiger partial charge in [0.25, 0.3) is 15.9 Å². The van der Waals surface area contributed by atoms with Crippen molar-refractivity contribution < 1.29 is 17.9 Å². The average Bonchev–Trinajstić information content (AvgIpc) is 2.90. The molecule has 0 fully saturated rings. The van der Waals surface area contributed by atoms with Crippen molar-refractivity contribution in [3.8, 4) is 5.75 Å². The minimum Gasteiger partial charge on any atom is -0.494 e. The molecule has 0 atom stereocenters. The van der Waals surface area contributed by atoms with Crippen molar-refractivity contribution in [3.63, 3.8) is 0 Å². The standard InChI is InChI=1S/C28H34N4O4S/c1-5-31(6-2)24-12-10-23(11-13-24)20-29-30-28(33)21-32(25-14-16-26(17-15-25)36-7-3)37(34,35)27-18-8-22(4)9-19-27/h8-20H,5-7,21H2,1-4H3,(H,30,33)/b29-20-. The molecule has 3 aromatic carbocycles. The summed E-state index contributed by atoms with van der Waals surface area (Å²) in [6, 6.07) is 20.9. The molecule has 8 nitrogen and oxygen atoms in total. The summed E-state index contributed by atoms with van der Waals surface area (Å²) in [4.78, 5) is 15.1. The van der Waals surface area contributed by atoms with E-state index in [9.17, 15) is 13.2 Å². The highest BCUT2D eigenvalue weighted by atomic mass is 32.2. The molecule has 0 aromatic heterocycles. The molecule has 1 N–H and O–H groups in total. The number of carbonyl (C=O) groups excluding carboxylic acids is 1. The minimum absolute atomic E-state index is 0.0941. The van der Waals surface area contributed by atoms with Crippen molar-refractivity contribution in [1.29, 1.82) is 0 Å². The van der Waals surface area contributed by atoms with Gasteiger partial charge >= 0.3 is 0 Å². The van der Waals surface area contributed by atoms with Gasteiger partial charge in [-0.1, -0.05) is 29.8 Å². The first-order valence-electron chi connectivity index (χ1n) is 12.3. The van der Waals surface area contributed by atoms with E-state index in [0.717, 1.165) is 34.2 Å². The predicted molar refractivity (Wildman–Crippen MR) is 149 cm³/mol. The van der Waals surface area contributed by atoms with Gasteiger partial charge in [-0.2, -0.15) is 5.10 Å². The number of amides is 1. The van der Waals surface area contributed by atoms with Gasteiger partial charge in [-0.05, 0) is 81.8 Å². The van der Waals surface area contributed by atoms with E-state index in [4.69, 9.17) is 4.74 Å². The van der Waals surface area contributed by atoms with E-state index in [1.807, 2.05) is 38.1 Å². The predicted octanol–water partition coefficient (Wildman–Crippen LogP) is 4.59. The zero-order valence-electron chi connectivity index (χ0n) is 21.7. The van der Waals surface area contributed by atoms with Crippen molar-refractivity contribution >= 4 is 33.5 Å². The molecule has 3 aromatic rings. The molecule has 0 aliphatic carbocycles. The first-order chi connectivity index (χ1) is 17.8. The maximum absolute atomic E-state index is 13.5. The third-order valence-electron chi connectivity index (χ3n) is 5.76. The molecule has 0 heterocycles. The molecule has 196 valence electrons. The molecule has 0 bridgehead atoms. The number of hydrazone groups is 1. The quantitative estimate of drug-likeness (QED) is 0.278. The first kappa shape index (κ1) is 27.7. The molecular weight excluding hydrogens is 488 g/mol. The van der Waals surface area contributed by atoms with Crippen LogP contribution in [0.1, 0.15) is 31.9 Å². The van der Waals surface area contributed by atoms with Gasteiger partial charge in [-0.15, -0.1) is 0 Å². The SMILES string of the molecule is CCOc1ccc(N(CC(=O)N/N=C\c2ccc(N(CC)CC)cc2)S(=O)(=O)c2ccc(C)cc2)cc1. The van der Waals surface area contributed by atoms with Gasteiger partial charge in [-0.3, -0.25) is 9.10 Å². The number of aryl methyl sites for hydroxylation is 1. The summed E-state index contributed by atoms with van der Waals surface area (Å²) in [6.07, 6.45) is 1.53. The number of benzene rings is 3. The number of hydrogen-bond donors (Lipinski definition) is 1. The van der Waals surface area contributed by atoms with Crippen LogP contribution < -0.4 is 19.4 Å². The Morgan fingerprint density at radius 2 is 1.49 bits per heavy atom. The van der Waals surface area contributed by atoms with Crippen LogP contribution in [0.15, 0.2) is 82.8 Å². The smallest absolute Gasteiger partial charge is 0.264 e. The fraction of sp³-hybridized carbons (Fsp3) is 0.286. The molecule has 0 radical (unpaired) electrons. The van der Waals surface area contributed by atoms with Gasteiger partial charge in [0.1, 0.15) is 12.3 Å². The monoisotopic (exact) mass is 522 g/mol. The van der Waals surface area contributed by atoms with Gasteiger partial charge in [0.15, 0.2) is 0 Å². The third-order valence-corrected chi connectivity index (χ3v) is 7.54. The molecule has 0 spiro atoms. The van der Waals surface area contributed by atoms with Gasteiger partial charge in [-0.25, -0.2) is 13.8 Å². The lowest BCUT2D eigenvalue weighted by Gasteiger charge is -2.24. The highest BCUT2D eigenvalue weighted by Crippen LogP contribution is 2.26. The molecule has 37 heavy (non-hydrogen) atoms. The largest absolute Gasteiger partial charge is 0.494 e. The third kappa shape index (κ3) is 7.33. The van der Waals surface area contributed by atoms with Crippen LogP contribution in [0.4, 0.5) is 11.4 Å². The molecule has 0 saturated carbocycles. The lowest BCUT2D eigenvalue weighted by atomic mass is 10.2. The fourth-order valence-corrected chi connectivity index (χ4v) is 5.15. The lowest BCUT2D eigenvalue weighted by molar-refractivity contribution is -0.119. The zero-order valence-corrected chi connectivity index (χ0v) is 22.5. The van der Waals surface area contributed by atoms with Crippen LogP contribution in [-0.2, 0) is 14.8 Å². The Balaban J connectivity index is 1.77. The number of sulfonamides is 1. The maximum Gasteiger partial charge on any atom is 0.264 e. The maximum atomic E-state index is 13.5. The number of hydrogen-bond acceptors (Lipinski definition) is 6. The summed E-state index contributed by atoms with van der Waals surface area (Å²) in [5.41, 5.74) is 5.64. The van der Waals surface area contributed by atoms with E-state index >= 15 is 0 Å². The summed E-state index contributed by atoms with van der Waals surface area (Å²) in [6.45, 7) is 9.82. The number of rotatable bonds is 12. The van der Waals surface area contributed by atoms with E-state index in [0.29, 0.717) is 18.0 Å². The van der Waals surface area contributed by atoms with Crippen LogP contribution in [0.3, 0.4) is 0 Å². The van der Waals surface area contributed by atoms with Crippen LogP contribution >= 0.6 is 0 Å². The number of ether oxygens (including phenoxy) is 1. The van der Waals surface area contributed by atoms with E-state index in [-0.39, 0.29) is 4.90 Å². The van der Waals surface area contributed by atoms with Crippen LogP contribution in [0.5, 0.6) is 5.75 Å². The van der Waals surface area contributed by atoms with Crippen LogP contribution in [0, 0.1) is 6.92 Å². The second-order valence-electron chi connectivity index (χ2n) is 8.31. The summed E-state index contributed by atoms with van der Waals surface area (Å²) >= 11 is 0. The van der Waals surface area contributed by atoms with Crippen molar-refractivity contribution in [2.45, 2.75) is 32.6 Å².